The summed E-state index contributed by atoms with van der Waals surface area (Å²) in [4.78, 5) is 4.02. The number of halogens is 4. The monoisotopic (exact) mass is 302 g/mol. The van der Waals surface area contributed by atoms with E-state index in [0.717, 1.165) is 11.8 Å². The number of aliphatic hydroxyl groups is 1. The Morgan fingerprint density at radius 1 is 1.47 bits per heavy atom. The fraction of sp³-hybridized carbons (Fsp3) is 0.900. The van der Waals surface area contributed by atoms with Crippen LogP contribution in [0, 0.1) is 0 Å². The average Bonchev–Trinajstić information content (AvgIpc) is 2.67. The molecule has 110 valence electrons. The van der Waals surface area contributed by atoms with Crippen molar-refractivity contribution in [2.24, 2.45) is 4.99 Å². The van der Waals surface area contributed by atoms with Gasteiger partial charge in [0.25, 0.3) is 0 Å². The summed E-state index contributed by atoms with van der Waals surface area (Å²) >= 11 is 1.05. The third-order valence-electron chi connectivity index (χ3n) is 2.90. The second kappa shape index (κ2) is 5.45. The number of hydrogen-bond acceptors (Lipinski definition) is 4. The van der Waals surface area contributed by atoms with Gasteiger partial charge in [-0.3, -0.25) is 4.99 Å². The van der Waals surface area contributed by atoms with Crippen LogP contribution >= 0.6 is 11.8 Å². The number of rotatable bonds is 2. The Morgan fingerprint density at radius 3 is 2.74 bits per heavy atom. The molecule has 2 fully saturated rings. The first-order chi connectivity index (χ1) is 8.81. The molecule has 0 aliphatic carbocycles. The topological polar surface area (TPSA) is 53.9 Å². The molecule has 2 aliphatic rings. The minimum absolute atomic E-state index is 0.431. The molecule has 2 saturated heterocycles. The quantitative estimate of drug-likeness (QED) is 0.758. The van der Waals surface area contributed by atoms with E-state index in [1.54, 1.807) is 6.92 Å². The van der Waals surface area contributed by atoms with Crippen LogP contribution in [0.15, 0.2) is 4.99 Å². The molecule has 2 rings (SSSR count). The molecule has 9 heteroatoms. The number of aliphatic imine (C=N–C) groups is 1. The van der Waals surface area contributed by atoms with Crippen molar-refractivity contribution in [3.05, 3.63) is 0 Å². The van der Waals surface area contributed by atoms with Gasteiger partial charge in [-0.1, -0.05) is 11.8 Å². The maximum atomic E-state index is 13.9. The summed E-state index contributed by atoms with van der Waals surface area (Å²) in [6, 6.07) is -0.866. The Balaban J connectivity index is 2.08. The molecule has 0 saturated carbocycles. The fourth-order valence-corrected chi connectivity index (χ4v) is 3.25. The molecule has 0 aromatic heterocycles. The molecule has 5 atom stereocenters. The van der Waals surface area contributed by atoms with Gasteiger partial charge in [0.1, 0.15) is 11.5 Å². The van der Waals surface area contributed by atoms with E-state index in [0.29, 0.717) is 11.7 Å². The molecule has 4 nitrogen and oxygen atoms in total. The highest BCUT2D eigenvalue weighted by atomic mass is 32.2. The Kier molecular flexibility index (Phi) is 4.26. The van der Waals surface area contributed by atoms with Crippen molar-refractivity contribution in [3.63, 3.8) is 0 Å². The maximum absolute atomic E-state index is 13.9. The highest BCUT2D eigenvalue weighted by molar-refractivity contribution is 8.14. The van der Waals surface area contributed by atoms with Crippen LogP contribution in [0.4, 0.5) is 17.6 Å². The molecule has 0 aromatic rings. The molecule has 0 aromatic carbocycles. The lowest BCUT2D eigenvalue weighted by molar-refractivity contribution is -0.202. The maximum Gasteiger partial charge on any atom is 0.391 e. The third-order valence-corrected chi connectivity index (χ3v) is 4.01. The van der Waals surface area contributed by atoms with E-state index in [2.05, 4.69) is 10.3 Å². The molecule has 2 N–H and O–H groups in total. The van der Waals surface area contributed by atoms with Crippen LogP contribution in [0.3, 0.4) is 0 Å². The number of hydrogen-bond donors (Lipinski definition) is 2. The molecular formula is C10H14F4N2O2S. The van der Waals surface area contributed by atoms with Crippen molar-refractivity contribution in [3.8, 4) is 0 Å². The summed E-state index contributed by atoms with van der Waals surface area (Å²) in [7, 11) is 0. The Bertz CT molecular complexity index is 366. The van der Waals surface area contributed by atoms with Gasteiger partial charge in [0, 0.05) is 6.54 Å². The first kappa shape index (κ1) is 14.9. The average molecular weight is 302 g/mol. The van der Waals surface area contributed by atoms with Crippen LogP contribution in [-0.2, 0) is 4.74 Å². The van der Waals surface area contributed by atoms with Gasteiger partial charge in [-0.05, 0) is 6.92 Å². The number of thioether (sulfide) groups is 1. The van der Waals surface area contributed by atoms with Gasteiger partial charge in [0.05, 0.1) is 18.6 Å². The van der Waals surface area contributed by atoms with E-state index in [-0.39, 0.29) is 0 Å². The predicted molar refractivity (Wildman–Crippen MR) is 62.7 cm³/mol. The zero-order valence-corrected chi connectivity index (χ0v) is 10.8. The second-order valence-corrected chi connectivity index (χ2v) is 5.45. The van der Waals surface area contributed by atoms with Gasteiger partial charge >= 0.3 is 6.18 Å². The molecule has 0 unspecified atom stereocenters. The first-order valence-corrected chi connectivity index (χ1v) is 6.71. The molecule has 19 heavy (non-hydrogen) atoms. The zero-order chi connectivity index (χ0) is 14.2. The summed E-state index contributed by atoms with van der Waals surface area (Å²) in [5.74, 6) is 0. The zero-order valence-electron chi connectivity index (χ0n) is 10.0. The number of nitrogens with one attached hydrogen (secondary N) is 1. The van der Waals surface area contributed by atoms with Gasteiger partial charge in [0.15, 0.2) is 11.3 Å². The number of fused-ring (bicyclic) bond motifs is 1. The lowest BCUT2D eigenvalue weighted by atomic mass is 9.97. The summed E-state index contributed by atoms with van der Waals surface area (Å²) < 4.78 is 56.1. The van der Waals surface area contributed by atoms with E-state index in [4.69, 9.17) is 4.74 Å². The third kappa shape index (κ3) is 3.32. The molecule has 0 radical (unpaired) electrons. The smallest absolute Gasteiger partial charge is 0.387 e. The van der Waals surface area contributed by atoms with Crippen molar-refractivity contribution < 1.29 is 27.4 Å². The van der Waals surface area contributed by atoms with E-state index in [1.807, 2.05) is 0 Å². The lowest BCUT2D eigenvalue weighted by Gasteiger charge is -2.37. The van der Waals surface area contributed by atoms with Gasteiger partial charge in [-0.25, -0.2) is 4.39 Å². The standard InChI is InChI=1S/C10H14F4N2O2S/c1-2-15-9-16-6-5(11)7(17)4(3-10(12,13)14)18-8(6)19-9/h4-8,17H,2-3H2,1H3,(H,15,16)/t4-,5-,6-,7-,8-/m1/s1. The van der Waals surface area contributed by atoms with E-state index in [9.17, 15) is 22.7 Å². The van der Waals surface area contributed by atoms with E-state index >= 15 is 0 Å². The van der Waals surface area contributed by atoms with Crippen LogP contribution in [0.2, 0.25) is 0 Å². The highest BCUT2D eigenvalue weighted by Gasteiger charge is 2.52. The number of ether oxygens (including phenoxy) is 1. The van der Waals surface area contributed by atoms with Crippen LogP contribution in [-0.4, -0.2) is 52.9 Å². The second-order valence-electron chi connectivity index (χ2n) is 4.36. The normalized spacial score (nSPS) is 41.2. The minimum Gasteiger partial charge on any atom is -0.387 e. The molecule has 2 heterocycles. The van der Waals surface area contributed by atoms with Crippen molar-refractivity contribution in [1.29, 1.82) is 0 Å². The SMILES string of the molecule is CCN=C1N[C@@H]2[C@@H](F)[C@H](O)[C@@H](CC(F)(F)F)O[C@@H]2S1. The number of nitrogens with zero attached hydrogens (tertiary/aromatic N) is 1. The van der Waals surface area contributed by atoms with Gasteiger partial charge < -0.3 is 15.2 Å². The van der Waals surface area contributed by atoms with Crippen molar-refractivity contribution in [2.75, 3.05) is 6.54 Å². The summed E-state index contributed by atoms with van der Waals surface area (Å²) in [6.07, 6.45) is -11.1. The summed E-state index contributed by atoms with van der Waals surface area (Å²) in [5, 5.41) is 12.7. The van der Waals surface area contributed by atoms with Crippen LogP contribution in [0.5, 0.6) is 0 Å². The Hall–Kier alpha value is -0.540. The van der Waals surface area contributed by atoms with Crippen LogP contribution in [0.25, 0.3) is 0 Å². The van der Waals surface area contributed by atoms with E-state index < -0.39 is 42.5 Å². The number of alkyl halides is 4. The highest BCUT2D eigenvalue weighted by Crippen LogP contribution is 2.38. The number of amidine groups is 1. The van der Waals surface area contributed by atoms with Crippen LogP contribution in [0.1, 0.15) is 13.3 Å². The van der Waals surface area contributed by atoms with Gasteiger partial charge in [-0.15, -0.1) is 0 Å². The largest absolute Gasteiger partial charge is 0.391 e. The number of aliphatic hydroxyl groups excluding tert-OH is 1. The molecule has 0 amide bonds. The molecule has 0 spiro atoms. The van der Waals surface area contributed by atoms with Gasteiger partial charge in [0.2, 0.25) is 0 Å². The van der Waals surface area contributed by atoms with Crippen LogP contribution < -0.4 is 5.32 Å². The van der Waals surface area contributed by atoms with Crippen molar-refractivity contribution in [1.82, 2.24) is 5.32 Å². The lowest BCUT2D eigenvalue weighted by Crippen LogP contribution is -2.57. The predicted octanol–water partition coefficient (Wildman–Crippen LogP) is 1.44. The Morgan fingerprint density at radius 2 is 2.16 bits per heavy atom. The first-order valence-electron chi connectivity index (χ1n) is 5.84. The van der Waals surface area contributed by atoms with Crippen molar-refractivity contribution >= 4 is 16.9 Å². The van der Waals surface area contributed by atoms with Crippen molar-refractivity contribution in [2.45, 2.75) is 49.4 Å². The fourth-order valence-electron chi connectivity index (χ4n) is 2.06. The molecule has 2 aliphatic heterocycles. The van der Waals surface area contributed by atoms with E-state index in [1.165, 1.54) is 0 Å². The van der Waals surface area contributed by atoms with Gasteiger partial charge in [-0.2, -0.15) is 13.2 Å². The Labute approximate surface area is 111 Å². The summed E-state index contributed by atoms with van der Waals surface area (Å²) in [5.41, 5.74) is -0.795. The molecule has 0 bridgehead atoms. The molecular weight excluding hydrogens is 288 g/mol. The minimum atomic E-state index is -4.50. The summed E-state index contributed by atoms with van der Waals surface area (Å²) in [6.45, 7) is 2.26.